The molecule has 3 N–H and O–H groups in total. The molecule has 0 aliphatic heterocycles. The van der Waals surface area contributed by atoms with Crippen molar-refractivity contribution in [2.45, 2.75) is 98.8 Å². The van der Waals surface area contributed by atoms with Gasteiger partial charge in [-0.1, -0.05) is 65.0 Å². The van der Waals surface area contributed by atoms with E-state index in [-0.39, 0.29) is 0 Å². The number of unbranched alkanes of at least 4 members (excludes halogenated alkanes) is 4. The summed E-state index contributed by atoms with van der Waals surface area (Å²) in [6, 6.07) is 9.85. The quantitative estimate of drug-likeness (QED) is 0.102. The summed E-state index contributed by atoms with van der Waals surface area (Å²) in [6.07, 6.45) is 12.4. The molecule has 0 radical (unpaired) electrons. The SMILES string of the molecule is CCCCN(CCCC)CCCN(CCCN(CCCC)CCCC)c1cc(C)nc(Nc2ccc(Cl)cc2)n1.O=C(O)C(=O)O. The summed E-state index contributed by atoms with van der Waals surface area (Å²) >= 11 is 6.09. The second-order valence-corrected chi connectivity index (χ2v) is 12.2. The maximum Gasteiger partial charge on any atom is 0.414 e. The molecule has 46 heavy (non-hydrogen) atoms. The van der Waals surface area contributed by atoms with Crippen LogP contribution in [-0.4, -0.2) is 94.3 Å². The predicted octanol–water partition coefficient (Wildman–Crippen LogP) is 7.73. The molecule has 0 atom stereocenters. The minimum atomic E-state index is -1.82. The van der Waals surface area contributed by atoms with Crippen LogP contribution < -0.4 is 10.2 Å². The van der Waals surface area contributed by atoms with Crippen LogP contribution in [0.1, 0.15) is 97.6 Å². The summed E-state index contributed by atoms with van der Waals surface area (Å²) in [6.45, 7) is 20.4. The summed E-state index contributed by atoms with van der Waals surface area (Å²) in [5.74, 6) is -1.99. The van der Waals surface area contributed by atoms with Crippen LogP contribution in [0, 0.1) is 6.92 Å². The van der Waals surface area contributed by atoms with Crippen LogP contribution in [0.25, 0.3) is 0 Å². The Morgan fingerprint density at radius 3 is 1.48 bits per heavy atom. The fourth-order valence-corrected chi connectivity index (χ4v) is 5.07. The Balaban J connectivity index is 0.00000160. The molecular formula is C35H59ClN6O4. The zero-order valence-electron chi connectivity index (χ0n) is 28.9. The molecule has 1 aromatic heterocycles. The number of nitrogens with zero attached hydrogens (tertiary/aromatic N) is 5. The molecule has 1 heterocycles. The predicted molar refractivity (Wildman–Crippen MR) is 191 cm³/mol. The van der Waals surface area contributed by atoms with Gasteiger partial charge in [0.1, 0.15) is 5.82 Å². The van der Waals surface area contributed by atoms with E-state index in [1.54, 1.807) is 0 Å². The lowest BCUT2D eigenvalue weighted by atomic mass is 10.2. The van der Waals surface area contributed by atoms with Crippen molar-refractivity contribution in [3.8, 4) is 0 Å². The number of carbonyl (C=O) groups is 2. The highest BCUT2D eigenvalue weighted by molar-refractivity contribution is 6.30. The molecule has 11 heteroatoms. The van der Waals surface area contributed by atoms with Crippen molar-refractivity contribution in [2.75, 3.05) is 62.6 Å². The number of benzene rings is 1. The van der Waals surface area contributed by atoms with Gasteiger partial charge >= 0.3 is 11.9 Å². The molecule has 260 valence electrons. The Morgan fingerprint density at radius 1 is 0.674 bits per heavy atom. The summed E-state index contributed by atoms with van der Waals surface area (Å²) in [5, 5.41) is 18.9. The number of rotatable bonds is 23. The van der Waals surface area contributed by atoms with Gasteiger partial charge in [0.2, 0.25) is 5.95 Å². The number of carboxylic acids is 2. The van der Waals surface area contributed by atoms with Crippen molar-refractivity contribution in [1.82, 2.24) is 19.8 Å². The van der Waals surface area contributed by atoms with E-state index in [0.717, 1.165) is 61.2 Å². The van der Waals surface area contributed by atoms with Crippen molar-refractivity contribution in [3.05, 3.63) is 41.0 Å². The van der Waals surface area contributed by atoms with E-state index in [1.165, 1.54) is 77.5 Å². The third-order valence-corrected chi connectivity index (χ3v) is 7.82. The van der Waals surface area contributed by atoms with Crippen molar-refractivity contribution in [3.63, 3.8) is 0 Å². The van der Waals surface area contributed by atoms with Gasteiger partial charge in [-0.2, -0.15) is 4.98 Å². The molecule has 10 nitrogen and oxygen atoms in total. The summed E-state index contributed by atoms with van der Waals surface area (Å²) < 4.78 is 0. The summed E-state index contributed by atoms with van der Waals surface area (Å²) in [7, 11) is 0. The lowest BCUT2D eigenvalue weighted by Gasteiger charge is -2.28. The lowest BCUT2D eigenvalue weighted by molar-refractivity contribution is -0.159. The Hall–Kier alpha value is -2.95. The molecule has 0 aliphatic rings. The number of halogens is 1. The molecule has 0 saturated heterocycles. The fourth-order valence-electron chi connectivity index (χ4n) is 4.94. The van der Waals surface area contributed by atoms with Gasteiger partial charge in [0.05, 0.1) is 0 Å². The molecule has 2 rings (SSSR count). The topological polar surface area (TPSA) is 122 Å². The van der Waals surface area contributed by atoms with Gasteiger partial charge in [-0.3, -0.25) is 0 Å². The first-order valence-electron chi connectivity index (χ1n) is 17.2. The Bertz CT molecular complexity index is 1050. The third-order valence-electron chi connectivity index (χ3n) is 7.56. The average molecular weight is 663 g/mol. The number of hydrogen-bond acceptors (Lipinski definition) is 8. The van der Waals surface area contributed by atoms with Crippen LogP contribution in [0.2, 0.25) is 5.02 Å². The summed E-state index contributed by atoms with van der Waals surface area (Å²) in [5.41, 5.74) is 1.92. The van der Waals surface area contributed by atoms with E-state index in [2.05, 4.69) is 65.7 Å². The molecule has 0 spiro atoms. The number of aromatic nitrogens is 2. The largest absolute Gasteiger partial charge is 0.473 e. The molecule has 0 fully saturated rings. The van der Waals surface area contributed by atoms with E-state index in [0.29, 0.717) is 5.95 Å². The van der Waals surface area contributed by atoms with E-state index < -0.39 is 11.9 Å². The first-order chi connectivity index (χ1) is 22.1. The van der Waals surface area contributed by atoms with E-state index in [4.69, 9.17) is 36.4 Å². The first-order valence-corrected chi connectivity index (χ1v) is 17.5. The first kappa shape index (κ1) is 41.1. The van der Waals surface area contributed by atoms with Gasteiger partial charge in [0.15, 0.2) is 0 Å². The van der Waals surface area contributed by atoms with Crippen LogP contribution in [0.15, 0.2) is 30.3 Å². The van der Waals surface area contributed by atoms with Gasteiger partial charge in [0.25, 0.3) is 0 Å². The van der Waals surface area contributed by atoms with Gasteiger partial charge < -0.3 is 30.2 Å². The van der Waals surface area contributed by atoms with Gasteiger partial charge in [-0.15, -0.1) is 0 Å². The highest BCUT2D eigenvalue weighted by Crippen LogP contribution is 2.21. The molecule has 0 aliphatic carbocycles. The zero-order chi connectivity index (χ0) is 34.2. The molecular weight excluding hydrogens is 604 g/mol. The molecule has 0 bridgehead atoms. The maximum absolute atomic E-state index is 9.10. The summed E-state index contributed by atoms with van der Waals surface area (Å²) in [4.78, 5) is 35.7. The smallest absolute Gasteiger partial charge is 0.414 e. The van der Waals surface area contributed by atoms with Crippen LogP contribution in [-0.2, 0) is 9.59 Å². The van der Waals surface area contributed by atoms with Crippen molar-refractivity contribution < 1.29 is 19.8 Å². The highest BCUT2D eigenvalue weighted by atomic mass is 35.5. The Kier molecular flexibility index (Phi) is 22.5. The second kappa shape index (κ2) is 25.2. The lowest BCUT2D eigenvalue weighted by Crippen LogP contribution is -2.34. The maximum atomic E-state index is 9.10. The van der Waals surface area contributed by atoms with Crippen LogP contribution in [0.3, 0.4) is 0 Å². The molecule has 0 amide bonds. The number of carboxylic acid groups (broad SMARTS) is 2. The average Bonchev–Trinajstić information content (AvgIpc) is 3.03. The fraction of sp³-hybridized carbons (Fsp3) is 0.657. The molecule has 0 saturated carbocycles. The number of anilines is 3. The van der Waals surface area contributed by atoms with E-state index >= 15 is 0 Å². The van der Waals surface area contributed by atoms with Gasteiger partial charge in [-0.25, -0.2) is 14.6 Å². The number of hydrogen-bond donors (Lipinski definition) is 3. The van der Waals surface area contributed by atoms with Crippen LogP contribution >= 0.6 is 11.6 Å². The highest BCUT2D eigenvalue weighted by Gasteiger charge is 2.14. The standard InChI is InChI=1S/C33H57ClN6.C2H2O4/c1-6-10-20-38(21-11-7-2)24-14-26-40(27-15-25-39(22-12-8-3)23-13-9-4)32-28-29(5)35-33(37-32)36-31-18-16-30(34)17-19-31;3-1(4)2(5)6/h16-19,28H,6-15,20-27H2,1-5H3,(H,35,36,37);(H,3,4)(H,5,6). The Morgan fingerprint density at radius 2 is 1.09 bits per heavy atom. The van der Waals surface area contributed by atoms with Gasteiger partial charge in [-0.05, 0) is 109 Å². The van der Waals surface area contributed by atoms with E-state index in [9.17, 15) is 0 Å². The zero-order valence-corrected chi connectivity index (χ0v) is 29.7. The van der Waals surface area contributed by atoms with Crippen LogP contribution in [0.5, 0.6) is 0 Å². The minimum Gasteiger partial charge on any atom is -0.473 e. The van der Waals surface area contributed by atoms with Crippen molar-refractivity contribution >= 4 is 41.0 Å². The molecule has 1 aromatic carbocycles. The number of aryl methyl sites for hydroxylation is 1. The van der Waals surface area contributed by atoms with Gasteiger partial charge in [0, 0.05) is 35.6 Å². The number of aliphatic carboxylic acids is 2. The van der Waals surface area contributed by atoms with E-state index in [1.807, 2.05) is 24.3 Å². The second-order valence-electron chi connectivity index (χ2n) is 11.7. The molecule has 0 unspecified atom stereocenters. The van der Waals surface area contributed by atoms with Crippen LogP contribution in [0.4, 0.5) is 17.5 Å². The van der Waals surface area contributed by atoms with Crippen molar-refractivity contribution in [2.24, 2.45) is 0 Å². The number of nitrogens with one attached hydrogen (secondary N) is 1. The minimum absolute atomic E-state index is 0.641. The Labute approximate surface area is 282 Å². The monoisotopic (exact) mass is 662 g/mol. The van der Waals surface area contributed by atoms with Crippen molar-refractivity contribution in [1.29, 1.82) is 0 Å². The third kappa shape index (κ3) is 18.9. The normalized spacial score (nSPS) is 11.0. The molecule has 2 aromatic rings.